The molecule has 0 unspecified atom stereocenters. The van der Waals surface area contributed by atoms with Gasteiger partial charge in [-0.3, -0.25) is 0 Å². The molecule has 1 aromatic rings. The Labute approximate surface area is 83.1 Å². The van der Waals surface area contributed by atoms with E-state index in [1.807, 2.05) is 6.07 Å². The van der Waals surface area contributed by atoms with E-state index in [9.17, 15) is 0 Å². The van der Waals surface area contributed by atoms with Crippen molar-refractivity contribution >= 4 is 15.9 Å². The minimum atomic E-state index is 0.934. The normalized spacial score (nSPS) is 10.2. The Morgan fingerprint density at radius 2 is 2.08 bits per heavy atom. The summed E-state index contributed by atoms with van der Waals surface area (Å²) in [7, 11) is 0. The lowest BCUT2D eigenvalue weighted by molar-refractivity contribution is 0.794. The van der Waals surface area contributed by atoms with Crippen molar-refractivity contribution in [3.63, 3.8) is 0 Å². The van der Waals surface area contributed by atoms with Crippen molar-refractivity contribution in [3.05, 3.63) is 35.4 Å². The van der Waals surface area contributed by atoms with E-state index in [0.29, 0.717) is 0 Å². The average molecular weight is 226 g/mol. The molecule has 0 saturated heterocycles. The predicted octanol–water partition coefficient (Wildman–Crippen LogP) is 3.72. The summed E-state index contributed by atoms with van der Waals surface area (Å²) >= 11 is 3.44. The molecule has 1 rings (SSSR count). The molecule has 0 atom stereocenters. The minimum Gasteiger partial charge on any atom is -0.0876 e. The molecule has 1 aromatic carbocycles. The number of aryl methyl sites for hydroxylation is 1. The van der Waals surface area contributed by atoms with Crippen molar-refractivity contribution in [1.82, 2.24) is 0 Å². The zero-order valence-electron chi connectivity index (χ0n) is 7.44. The minimum absolute atomic E-state index is 0.934. The molecule has 0 spiro atoms. The molecule has 0 aliphatic carbocycles. The van der Waals surface area contributed by atoms with Crippen LogP contribution in [0.4, 0.5) is 0 Å². The standard InChI is InChI=1S/C11H14Br/c1-2-3-5-10-6-4-7-11(8-10)9-12/h6-8H,2-3,5,9H2,1H3. The largest absolute Gasteiger partial charge is 0.0876 e. The molecule has 0 N–H and O–H groups in total. The number of benzene rings is 1. The van der Waals surface area contributed by atoms with Crippen LogP contribution in [0.1, 0.15) is 30.9 Å². The first kappa shape index (κ1) is 9.79. The Kier molecular flexibility index (Phi) is 4.37. The van der Waals surface area contributed by atoms with Gasteiger partial charge >= 0.3 is 0 Å². The zero-order chi connectivity index (χ0) is 8.81. The lowest BCUT2D eigenvalue weighted by Gasteiger charge is -2.01. The van der Waals surface area contributed by atoms with Crippen LogP contribution in [0.15, 0.2) is 18.2 Å². The van der Waals surface area contributed by atoms with Crippen LogP contribution >= 0.6 is 15.9 Å². The predicted molar refractivity (Wildman–Crippen MR) is 56.5 cm³/mol. The Hall–Kier alpha value is -0.300. The quantitative estimate of drug-likeness (QED) is 0.686. The molecular weight excluding hydrogens is 212 g/mol. The fraction of sp³-hybridized carbons (Fsp3) is 0.455. The van der Waals surface area contributed by atoms with E-state index in [1.54, 1.807) is 0 Å². The molecule has 0 aromatic heterocycles. The summed E-state index contributed by atoms with van der Waals surface area (Å²) < 4.78 is 0. The summed E-state index contributed by atoms with van der Waals surface area (Å²) in [6.07, 6.45) is 3.73. The topological polar surface area (TPSA) is 0 Å². The van der Waals surface area contributed by atoms with E-state index in [-0.39, 0.29) is 0 Å². The van der Waals surface area contributed by atoms with Crippen molar-refractivity contribution in [1.29, 1.82) is 0 Å². The highest BCUT2D eigenvalue weighted by atomic mass is 79.9. The monoisotopic (exact) mass is 225 g/mol. The molecule has 0 heterocycles. The molecular formula is C11H14Br. The first-order chi connectivity index (χ1) is 5.86. The highest BCUT2D eigenvalue weighted by molar-refractivity contribution is 9.08. The first-order valence-electron chi connectivity index (χ1n) is 4.41. The Morgan fingerprint density at radius 3 is 2.75 bits per heavy atom. The Morgan fingerprint density at radius 1 is 1.33 bits per heavy atom. The fourth-order valence-electron chi connectivity index (χ4n) is 1.18. The third-order valence-corrected chi connectivity index (χ3v) is 2.53. The third kappa shape index (κ3) is 2.98. The molecule has 0 fully saturated rings. The Bertz CT molecular complexity index is 230. The summed E-state index contributed by atoms with van der Waals surface area (Å²) in [5, 5.41) is 0.934. The number of alkyl halides is 1. The summed E-state index contributed by atoms with van der Waals surface area (Å²) in [4.78, 5) is 0. The lowest BCUT2D eigenvalue weighted by Crippen LogP contribution is -1.86. The van der Waals surface area contributed by atoms with Crippen LogP contribution in [0.3, 0.4) is 0 Å². The highest BCUT2D eigenvalue weighted by Gasteiger charge is 1.94. The maximum Gasteiger partial charge on any atom is 0.0283 e. The van der Waals surface area contributed by atoms with Crippen LogP contribution < -0.4 is 0 Å². The number of rotatable bonds is 4. The van der Waals surface area contributed by atoms with Crippen molar-refractivity contribution in [2.45, 2.75) is 31.5 Å². The molecule has 1 heteroatoms. The van der Waals surface area contributed by atoms with Gasteiger partial charge in [0.2, 0.25) is 0 Å². The van der Waals surface area contributed by atoms with Gasteiger partial charge in [0, 0.05) is 5.33 Å². The number of unbranched alkanes of at least 4 members (excludes halogenated alkanes) is 1. The molecule has 65 valence electrons. The summed E-state index contributed by atoms with van der Waals surface area (Å²) in [6, 6.07) is 9.53. The van der Waals surface area contributed by atoms with Gasteiger partial charge in [-0.2, -0.15) is 0 Å². The maximum absolute atomic E-state index is 3.44. The molecule has 0 amide bonds. The van der Waals surface area contributed by atoms with Gasteiger partial charge < -0.3 is 0 Å². The molecule has 12 heavy (non-hydrogen) atoms. The highest BCUT2D eigenvalue weighted by Crippen LogP contribution is 2.10. The van der Waals surface area contributed by atoms with Gasteiger partial charge in [0.25, 0.3) is 0 Å². The van der Waals surface area contributed by atoms with Crippen LogP contribution in [-0.4, -0.2) is 0 Å². The van der Waals surface area contributed by atoms with Crippen molar-refractivity contribution in [2.24, 2.45) is 0 Å². The van der Waals surface area contributed by atoms with E-state index in [1.165, 1.54) is 30.4 Å². The molecule has 0 nitrogen and oxygen atoms in total. The summed E-state index contributed by atoms with van der Waals surface area (Å²) in [5.41, 5.74) is 2.73. The van der Waals surface area contributed by atoms with Gasteiger partial charge in [0.1, 0.15) is 0 Å². The molecule has 0 saturated carbocycles. The van der Waals surface area contributed by atoms with E-state index < -0.39 is 0 Å². The van der Waals surface area contributed by atoms with Crippen molar-refractivity contribution in [2.75, 3.05) is 0 Å². The zero-order valence-corrected chi connectivity index (χ0v) is 9.02. The van der Waals surface area contributed by atoms with Crippen LogP contribution in [0.25, 0.3) is 0 Å². The molecule has 0 bridgehead atoms. The van der Waals surface area contributed by atoms with E-state index >= 15 is 0 Å². The lowest BCUT2D eigenvalue weighted by atomic mass is 10.1. The van der Waals surface area contributed by atoms with Gasteiger partial charge in [-0.15, -0.1) is 0 Å². The summed E-state index contributed by atoms with van der Waals surface area (Å²) in [5.74, 6) is 0. The number of halogens is 1. The second-order valence-electron chi connectivity index (χ2n) is 2.99. The van der Waals surface area contributed by atoms with E-state index in [0.717, 1.165) is 5.33 Å². The maximum atomic E-state index is 3.44. The van der Waals surface area contributed by atoms with Crippen molar-refractivity contribution in [3.8, 4) is 0 Å². The number of hydrogen-bond donors (Lipinski definition) is 0. The summed E-state index contributed by atoms with van der Waals surface area (Å²) in [6.45, 7) is 2.22. The fourth-order valence-corrected chi connectivity index (χ4v) is 1.50. The SMILES string of the molecule is CCCCc1c[c]cc(CBr)c1. The molecule has 0 aliphatic rings. The second kappa shape index (κ2) is 5.36. The third-order valence-electron chi connectivity index (χ3n) is 1.88. The average Bonchev–Trinajstić information content (AvgIpc) is 2.15. The molecule has 1 radical (unpaired) electrons. The van der Waals surface area contributed by atoms with Gasteiger partial charge in [0.05, 0.1) is 0 Å². The van der Waals surface area contributed by atoms with E-state index in [2.05, 4.69) is 41.1 Å². The van der Waals surface area contributed by atoms with Gasteiger partial charge in [-0.25, -0.2) is 0 Å². The van der Waals surface area contributed by atoms with Crippen molar-refractivity contribution < 1.29 is 0 Å². The Balaban J connectivity index is 2.60. The molecule has 0 aliphatic heterocycles. The first-order valence-corrected chi connectivity index (χ1v) is 5.53. The van der Waals surface area contributed by atoms with Crippen LogP contribution in [0, 0.1) is 6.07 Å². The smallest absolute Gasteiger partial charge is 0.0283 e. The van der Waals surface area contributed by atoms with Gasteiger partial charge in [0.15, 0.2) is 0 Å². The van der Waals surface area contributed by atoms with E-state index in [4.69, 9.17) is 0 Å². The van der Waals surface area contributed by atoms with Gasteiger partial charge in [-0.1, -0.05) is 47.5 Å². The number of hydrogen-bond acceptors (Lipinski definition) is 0. The van der Waals surface area contributed by atoms with Crippen LogP contribution in [0.2, 0.25) is 0 Å². The van der Waals surface area contributed by atoms with Crippen LogP contribution in [-0.2, 0) is 11.8 Å². The van der Waals surface area contributed by atoms with Crippen LogP contribution in [0.5, 0.6) is 0 Å². The second-order valence-corrected chi connectivity index (χ2v) is 3.55. The van der Waals surface area contributed by atoms with Gasteiger partial charge in [-0.05, 0) is 30.0 Å².